The van der Waals surface area contributed by atoms with Gasteiger partial charge in [-0.1, -0.05) is 35.9 Å². The molecular formula is C23H15ClN4O. The van der Waals surface area contributed by atoms with Gasteiger partial charge in [0.2, 0.25) is 0 Å². The van der Waals surface area contributed by atoms with Gasteiger partial charge in [-0.25, -0.2) is 4.98 Å². The molecule has 0 spiro atoms. The average molecular weight is 399 g/mol. The second-order valence-electron chi connectivity index (χ2n) is 6.36. The third-order valence-corrected chi connectivity index (χ3v) is 4.58. The van der Waals surface area contributed by atoms with Crippen molar-refractivity contribution in [3.8, 4) is 6.07 Å². The lowest BCUT2D eigenvalue weighted by atomic mass is 10.1. The molecule has 6 heteroatoms. The summed E-state index contributed by atoms with van der Waals surface area (Å²) in [6, 6.07) is 23.7. The molecule has 0 bridgehead atoms. The molecule has 0 saturated carbocycles. The van der Waals surface area contributed by atoms with Crippen LogP contribution < -0.4 is 5.32 Å². The molecule has 4 aromatic rings. The van der Waals surface area contributed by atoms with Crippen molar-refractivity contribution in [3.05, 3.63) is 94.8 Å². The summed E-state index contributed by atoms with van der Waals surface area (Å²) in [6.45, 7) is 0. The number of para-hydroxylation sites is 2. The molecule has 5 nitrogen and oxygen atoms in total. The number of halogens is 1. The zero-order valence-corrected chi connectivity index (χ0v) is 15.9. The molecule has 3 aromatic carbocycles. The van der Waals surface area contributed by atoms with Crippen LogP contribution in [0.1, 0.15) is 21.7 Å². The van der Waals surface area contributed by atoms with Gasteiger partial charge in [0, 0.05) is 16.3 Å². The predicted molar refractivity (Wildman–Crippen MR) is 115 cm³/mol. The Hall–Kier alpha value is -3.88. The number of H-pyrrole nitrogens is 1. The Bertz CT molecular complexity index is 1230. The van der Waals surface area contributed by atoms with E-state index < -0.39 is 0 Å². The maximum atomic E-state index is 12.4. The Morgan fingerprint density at radius 3 is 2.62 bits per heavy atom. The summed E-state index contributed by atoms with van der Waals surface area (Å²) in [5.74, 6) is 0.268. The number of hydrogen-bond acceptors (Lipinski definition) is 3. The number of anilines is 1. The highest BCUT2D eigenvalue weighted by Crippen LogP contribution is 2.21. The van der Waals surface area contributed by atoms with Crippen LogP contribution in [0.5, 0.6) is 0 Å². The van der Waals surface area contributed by atoms with E-state index in [-0.39, 0.29) is 5.91 Å². The molecule has 140 valence electrons. The molecular weight excluding hydrogens is 384 g/mol. The number of aromatic amines is 1. The van der Waals surface area contributed by atoms with Gasteiger partial charge in [0.25, 0.3) is 5.91 Å². The van der Waals surface area contributed by atoms with Gasteiger partial charge in [0.15, 0.2) is 0 Å². The molecule has 1 aromatic heterocycles. The Morgan fingerprint density at radius 1 is 1.07 bits per heavy atom. The first-order valence-corrected chi connectivity index (χ1v) is 9.24. The van der Waals surface area contributed by atoms with E-state index in [1.165, 1.54) is 0 Å². The highest BCUT2D eigenvalue weighted by atomic mass is 35.5. The van der Waals surface area contributed by atoms with Crippen LogP contribution in [0.2, 0.25) is 5.02 Å². The van der Waals surface area contributed by atoms with E-state index in [0.717, 1.165) is 16.6 Å². The number of carbonyl (C=O) groups is 1. The summed E-state index contributed by atoms with van der Waals surface area (Å²) in [4.78, 5) is 20.0. The van der Waals surface area contributed by atoms with Gasteiger partial charge in [-0.05, 0) is 60.2 Å². The molecule has 0 aliphatic rings. The van der Waals surface area contributed by atoms with E-state index in [2.05, 4.69) is 21.4 Å². The molecule has 1 amide bonds. The zero-order valence-electron chi connectivity index (χ0n) is 15.2. The van der Waals surface area contributed by atoms with Crippen molar-refractivity contribution in [1.29, 1.82) is 5.26 Å². The van der Waals surface area contributed by atoms with Gasteiger partial charge in [0.05, 0.1) is 16.6 Å². The Morgan fingerprint density at radius 2 is 1.86 bits per heavy atom. The molecule has 0 fully saturated rings. The number of imidazole rings is 1. The number of fused-ring (bicyclic) bond motifs is 1. The van der Waals surface area contributed by atoms with E-state index in [4.69, 9.17) is 11.6 Å². The molecule has 2 N–H and O–H groups in total. The number of rotatable bonds is 4. The van der Waals surface area contributed by atoms with Crippen LogP contribution >= 0.6 is 11.6 Å². The number of aromatic nitrogens is 2. The number of benzene rings is 3. The van der Waals surface area contributed by atoms with Crippen LogP contribution in [0.3, 0.4) is 0 Å². The van der Waals surface area contributed by atoms with Crippen molar-refractivity contribution in [1.82, 2.24) is 9.97 Å². The van der Waals surface area contributed by atoms with Crippen LogP contribution in [0.4, 0.5) is 5.69 Å². The van der Waals surface area contributed by atoms with Gasteiger partial charge < -0.3 is 10.3 Å². The monoisotopic (exact) mass is 398 g/mol. The molecule has 1 heterocycles. The minimum Gasteiger partial charge on any atom is -0.337 e. The average Bonchev–Trinajstić information content (AvgIpc) is 3.17. The first-order chi connectivity index (χ1) is 14.1. The van der Waals surface area contributed by atoms with E-state index in [9.17, 15) is 10.1 Å². The molecule has 0 unspecified atom stereocenters. The van der Waals surface area contributed by atoms with E-state index in [0.29, 0.717) is 27.7 Å². The lowest BCUT2D eigenvalue weighted by molar-refractivity contribution is 0.102. The highest BCUT2D eigenvalue weighted by molar-refractivity contribution is 6.30. The molecule has 0 atom stereocenters. The Labute approximate surface area is 172 Å². The minimum atomic E-state index is -0.236. The largest absolute Gasteiger partial charge is 0.337 e. The third kappa shape index (κ3) is 4.18. The van der Waals surface area contributed by atoms with Crippen LogP contribution in [0.15, 0.2) is 72.8 Å². The molecule has 4 rings (SSSR count). The Kier molecular flexibility index (Phi) is 5.10. The number of nitrogens with one attached hydrogen (secondary N) is 2. The van der Waals surface area contributed by atoms with Gasteiger partial charge in [-0.2, -0.15) is 5.26 Å². The van der Waals surface area contributed by atoms with Crippen molar-refractivity contribution >= 4 is 45.9 Å². The second-order valence-corrected chi connectivity index (χ2v) is 6.80. The van der Waals surface area contributed by atoms with Gasteiger partial charge in [-0.15, -0.1) is 0 Å². The summed E-state index contributed by atoms with van der Waals surface area (Å²) in [7, 11) is 0. The molecule has 0 radical (unpaired) electrons. The van der Waals surface area contributed by atoms with Crippen molar-refractivity contribution < 1.29 is 4.79 Å². The molecule has 29 heavy (non-hydrogen) atoms. The van der Waals surface area contributed by atoms with Gasteiger partial charge >= 0.3 is 0 Å². The van der Waals surface area contributed by atoms with E-state index in [1.54, 1.807) is 42.5 Å². The molecule has 0 aliphatic carbocycles. The molecule has 0 aliphatic heterocycles. The number of amides is 1. The second kappa shape index (κ2) is 8.01. The first-order valence-electron chi connectivity index (χ1n) is 8.86. The Balaban J connectivity index is 1.59. The quantitative estimate of drug-likeness (QED) is 0.443. The van der Waals surface area contributed by atoms with Crippen LogP contribution in [0, 0.1) is 11.3 Å². The fourth-order valence-electron chi connectivity index (χ4n) is 2.91. The van der Waals surface area contributed by atoms with Crippen LogP contribution in [0.25, 0.3) is 22.7 Å². The number of nitriles is 1. The van der Waals surface area contributed by atoms with Crippen molar-refractivity contribution in [2.45, 2.75) is 0 Å². The van der Waals surface area contributed by atoms with Gasteiger partial charge in [0.1, 0.15) is 11.9 Å². The molecule has 0 saturated heterocycles. The maximum Gasteiger partial charge on any atom is 0.255 e. The summed E-state index contributed by atoms with van der Waals surface area (Å²) in [6.07, 6.45) is 1.73. The fourth-order valence-corrected chi connectivity index (χ4v) is 3.04. The standard InChI is InChI=1S/C23H15ClN4O/c24-18-10-8-16(9-11-18)23(29)26-19-5-3-4-15(13-19)12-17(14-25)22-27-20-6-1-2-7-21(20)28-22/h1-13H,(H,26,29)(H,27,28)/b17-12+. The van der Waals surface area contributed by atoms with Crippen molar-refractivity contribution in [2.24, 2.45) is 0 Å². The summed E-state index contributed by atoms with van der Waals surface area (Å²) in [5.41, 5.74) is 3.98. The first kappa shape index (κ1) is 18.5. The SMILES string of the molecule is N#C/C(=C\c1cccc(NC(=O)c2ccc(Cl)cc2)c1)c1nc2ccccc2[nH]1. The minimum absolute atomic E-state index is 0.236. The maximum absolute atomic E-state index is 12.4. The number of nitrogens with zero attached hydrogens (tertiary/aromatic N) is 2. The van der Waals surface area contributed by atoms with E-state index >= 15 is 0 Å². The fraction of sp³-hybridized carbons (Fsp3) is 0. The third-order valence-electron chi connectivity index (χ3n) is 4.33. The van der Waals surface area contributed by atoms with Crippen LogP contribution in [-0.4, -0.2) is 15.9 Å². The van der Waals surface area contributed by atoms with E-state index in [1.807, 2.05) is 36.4 Å². The van der Waals surface area contributed by atoms with Crippen molar-refractivity contribution in [3.63, 3.8) is 0 Å². The smallest absolute Gasteiger partial charge is 0.255 e. The topological polar surface area (TPSA) is 81.6 Å². The van der Waals surface area contributed by atoms with Gasteiger partial charge in [-0.3, -0.25) is 4.79 Å². The highest BCUT2D eigenvalue weighted by Gasteiger charge is 2.09. The lowest BCUT2D eigenvalue weighted by Crippen LogP contribution is -2.11. The zero-order chi connectivity index (χ0) is 20.2. The number of allylic oxidation sites excluding steroid dienone is 1. The number of hydrogen-bond donors (Lipinski definition) is 2. The predicted octanol–water partition coefficient (Wildman–Crippen LogP) is 5.53. The van der Waals surface area contributed by atoms with Crippen LogP contribution in [-0.2, 0) is 0 Å². The lowest BCUT2D eigenvalue weighted by Gasteiger charge is -2.06. The summed E-state index contributed by atoms with van der Waals surface area (Å²) >= 11 is 5.86. The summed E-state index contributed by atoms with van der Waals surface area (Å²) < 4.78 is 0. The number of carbonyl (C=O) groups excluding carboxylic acids is 1. The van der Waals surface area contributed by atoms with Crippen molar-refractivity contribution in [2.75, 3.05) is 5.32 Å². The summed E-state index contributed by atoms with van der Waals surface area (Å²) in [5, 5.41) is 13.0. The normalized spacial score (nSPS) is 11.2.